The minimum absolute atomic E-state index is 0.0111. The summed E-state index contributed by atoms with van der Waals surface area (Å²) in [5.41, 5.74) is 2.82. The molecule has 1 heterocycles. The molecule has 0 aliphatic heterocycles. The maximum absolute atomic E-state index is 13.1. The first-order chi connectivity index (χ1) is 13.7. The smallest absolute Gasteiger partial charge is 0.264 e. The lowest BCUT2D eigenvalue weighted by molar-refractivity contribution is -0.116. The van der Waals surface area contributed by atoms with Gasteiger partial charge in [0.1, 0.15) is 0 Å². The first kappa shape index (κ1) is 22.9. The first-order valence-corrected chi connectivity index (χ1v) is 11.0. The quantitative estimate of drug-likeness (QED) is 0.609. The summed E-state index contributed by atoms with van der Waals surface area (Å²) < 4.78 is 0. The van der Waals surface area contributed by atoms with Gasteiger partial charge in [-0.25, -0.2) is 0 Å². The Morgan fingerprint density at radius 2 is 1.86 bits per heavy atom. The topological polar surface area (TPSA) is 52.7 Å². The number of rotatable bonds is 9. The number of anilines is 2. The Kier molecular flexibility index (Phi) is 8.26. The molecule has 0 saturated heterocycles. The van der Waals surface area contributed by atoms with Crippen LogP contribution in [0.5, 0.6) is 0 Å². The Morgan fingerprint density at radius 1 is 1.14 bits per heavy atom. The van der Waals surface area contributed by atoms with Gasteiger partial charge in [-0.1, -0.05) is 26.8 Å². The lowest BCUT2D eigenvalue weighted by Gasteiger charge is -2.30. The van der Waals surface area contributed by atoms with Crippen LogP contribution in [0.3, 0.4) is 0 Å². The van der Waals surface area contributed by atoms with Gasteiger partial charge in [0.15, 0.2) is 0 Å². The summed E-state index contributed by atoms with van der Waals surface area (Å²) in [5, 5.41) is 4.92. The van der Waals surface area contributed by atoms with E-state index >= 15 is 0 Å². The standard InChI is InChI=1S/C23H33N3O2S/c1-7-17(4)26(23(28)21-9-8-12-29-21)15-18-14-19(10-11-20(18)25(5)6)24-22(27)13-16(2)3/h8-12,14,16-17H,7,13,15H2,1-6H3,(H,24,27)/t17-/m1/s1. The fraction of sp³-hybridized carbons (Fsp3) is 0.478. The molecule has 0 fully saturated rings. The van der Waals surface area contributed by atoms with Crippen molar-refractivity contribution in [3.8, 4) is 0 Å². The van der Waals surface area contributed by atoms with E-state index in [1.54, 1.807) is 0 Å². The maximum atomic E-state index is 13.1. The number of nitrogens with zero attached hydrogens (tertiary/aromatic N) is 2. The molecule has 0 spiro atoms. The summed E-state index contributed by atoms with van der Waals surface area (Å²) in [6.45, 7) is 8.72. The summed E-state index contributed by atoms with van der Waals surface area (Å²) in [4.78, 5) is 30.1. The van der Waals surface area contributed by atoms with Crippen molar-refractivity contribution in [3.63, 3.8) is 0 Å². The van der Waals surface area contributed by atoms with Gasteiger partial charge in [-0.3, -0.25) is 9.59 Å². The number of benzene rings is 1. The summed E-state index contributed by atoms with van der Waals surface area (Å²) in [7, 11) is 3.98. The summed E-state index contributed by atoms with van der Waals surface area (Å²) >= 11 is 1.47. The van der Waals surface area contributed by atoms with Crippen molar-refractivity contribution in [2.45, 2.75) is 53.1 Å². The summed E-state index contributed by atoms with van der Waals surface area (Å²) in [6.07, 6.45) is 1.36. The highest BCUT2D eigenvalue weighted by atomic mass is 32.1. The molecule has 0 unspecified atom stereocenters. The van der Waals surface area contributed by atoms with Crippen LogP contribution in [0.4, 0.5) is 11.4 Å². The van der Waals surface area contributed by atoms with E-state index < -0.39 is 0 Å². The van der Waals surface area contributed by atoms with E-state index in [0.29, 0.717) is 18.9 Å². The van der Waals surface area contributed by atoms with Gasteiger partial charge in [0.05, 0.1) is 4.88 Å². The molecule has 1 aromatic carbocycles. The average Bonchev–Trinajstić information content (AvgIpc) is 3.19. The van der Waals surface area contributed by atoms with Crippen LogP contribution in [-0.2, 0) is 11.3 Å². The highest BCUT2D eigenvalue weighted by molar-refractivity contribution is 7.12. The third-order valence-electron chi connectivity index (χ3n) is 4.90. The Hall–Kier alpha value is -2.34. The van der Waals surface area contributed by atoms with Crippen LogP contribution >= 0.6 is 11.3 Å². The minimum atomic E-state index is 0.0111. The molecule has 5 nitrogen and oxygen atoms in total. The molecule has 0 bridgehead atoms. The second-order valence-corrected chi connectivity index (χ2v) is 9.00. The van der Waals surface area contributed by atoms with E-state index in [-0.39, 0.29) is 17.9 Å². The molecule has 0 aliphatic carbocycles. The van der Waals surface area contributed by atoms with E-state index in [9.17, 15) is 9.59 Å². The highest BCUT2D eigenvalue weighted by Crippen LogP contribution is 2.27. The first-order valence-electron chi connectivity index (χ1n) is 10.2. The third kappa shape index (κ3) is 6.32. The van der Waals surface area contributed by atoms with Gasteiger partial charge in [0.2, 0.25) is 5.91 Å². The molecule has 1 aromatic heterocycles. The van der Waals surface area contributed by atoms with Gasteiger partial charge >= 0.3 is 0 Å². The van der Waals surface area contributed by atoms with Gasteiger partial charge in [-0.2, -0.15) is 0 Å². The minimum Gasteiger partial charge on any atom is -0.377 e. The van der Waals surface area contributed by atoms with E-state index in [1.165, 1.54) is 11.3 Å². The van der Waals surface area contributed by atoms with Gasteiger partial charge in [0.25, 0.3) is 5.91 Å². The number of carbonyl (C=O) groups is 2. The fourth-order valence-corrected chi connectivity index (χ4v) is 3.86. The zero-order valence-corrected chi connectivity index (χ0v) is 19.2. The SMILES string of the molecule is CC[C@@H](C)N(Cc1cc(NC(=O)CC(C)C)ccc1N(C)C)C(=O)c1cccs1. The fourth-order valence-electron chi connectivity index (χ4n) is 3.18. The third-order valence-corrected chi connectivity index (χ3v) is 5.75. The van der Waals surface area contributed by atoms with E-state index in [4.69, 9.17) is 0 Å². The largest absolute Gasteiger partial charge is 0.377 e. The second kappa shape index (κ2) is 10.4. The number of carbonyl (C=O) groups excluding carboxylic acids is 2. The van der Waals surface area contributed by atoms with Crippen LogP contribution < -0.4 is 10.2 Å². The van der Waals surface area contributed by atoms with Gasteiger partial charge in [-0.15, -0.1) is 11.3 Å². The van der Waals surface area contributed by atoms with Crippen LogP contribution in [0.1, 0.15) is 55.8 Å². The van der Waals surface area contributed by atoms with Crippen LogP contribution in [0.2, 0.25) is 0 Å². The van der Waals surface area contributed by atoms with Crippen molar-refractivity contribution in [1.29, 1.82) is 0 Å². The molecule has 158 valence electrons. The zero-order chi connectivity index (χ0) is 21.6. The predicted octanol–water partition coefficient (Wildman–Crippen LogP) is 5.24. The molecule has 29 heavy (non-hydrogen) atoms. The molecule has 6 heteroatoms. The van der Waals surface area contributed by atoms with E-state index in [2.05, 4.69) is 19.2 Å². The number of hydrogen-bond donors (Lipinski definition) is 1. The Bertz CT molecular complexity index is 816. The molecular formula is C23H33N3O2S. The molecule has 2 amide bonds. The van der Waals surface area contributed by atoms with Crippen molar-refractivity contribution >= 4 is 34.5 Å². The van der Waals surface area contributed by atoms with Crippen LogP contribution in [-0.4, -0.2) is 36.9 Å². The highest BCUT2D eigenvalue weighted by Gasteiger charge is 2.23. The van der Waals surface area contributed by atoms with Crippen molar-refractivity contribution in [3.05, 3.63) is 46.2 Å². The van der Waals surface area contributed by atoms with Crippen molar-refractivity contribution < 1.29 is 9.59 Å². The maximum Gasteiger partial charge on any atom is 0.264 e. The Morgan fingerprint density at radius 3 is 2.41 bits per heavy atom. The lowest BCUT2D eigenvalue weighted by Crippen LogP contribution is -2.37. The van der Waals surface area contributed by atoms with Gasteiger partial charge in [0, 0.05) is 44.5 Å². The molecule has 0 saturated carbocycles. The molecule has 1 atom stereocenters. The van der Waals surface area contributed by atoms with Crippen LogP contribution in [0.25, 0.3) is 0 Å². The number of thiophene rings is 1. The van der Waals surface area contributed by atoms with Crippen LogP contribution in [0, 0.1) is 5.92 Å². The molecule has 0 aliphatic rings. The normalized spacial score (nSPS) is 12.0. The Balaban J connectivity index is 2.34. The van der Waals surface area contributed by atoms with Crippen LogP contribution in [0.15, 0.2) is 35.7 Å². The van der Waals surface area contributed by atoms with Crippen molar-refractivity contribution in [1.82, 2.24) is 4.90 Å². The second-order valence-electron chi connectivity index (χ2n) is 8.05. The zero-order valence-electron chi connectivity index (χ0n) is 18.4. The van der Waals surface area contributed by atoms with E-state index in [1.807, 2.05) is 73.5 Å². The number of hydrogen-bond acceptors (Lipinski definition) is 4. The van der Waals surface area contributed by atoms with Crippen molar-refractivity contribution in [2.24, 2.45) is 5.92 Å². The number of amides is 2. The summed E-state index contributed by atoms with van der Waals surface area (Å²) in [6, 6.07) is 9.81. The summed E-state index contributed by atoms with van der Waals surface area (Å²) in [5.74, 6) is 0.366. The molecule has 2 aromatic rings. The molecule has 1 N–H and O–H groups in total. The Labute approximate surface area is 178 Å². The monoisotopic (exact) mass is 415 g/mol. The molecule has 0 radical (unpaired) electrons. The molecular weight excluding hydrogens is 382 g/mol. The average molecular weight is 416 g/mol. The predicted molar refractivity (Wildman–Crippen MR) is 123 cm³/mol. The van der Waals surface area contributed by atoms with E-state index in [0.717, 1.165) is 28.2 Å². The van der Waals surface area contributed by atoms with Gasteiger partial charge < -0.3 is 15.1 Å². The number of nitrogens with one attached hydrogen (secondary N) is 1. The lowest BCUT2D eigenvalue weighted by atomic mass is 10.1. The molecule has 2 rings (SSSR count). The van der Waals surface area contributed by atoms with Crippen molar-refractivity contribution in [2.75, 3.05) is 24.3 Å². The van der Waals surface area contributed by atoms with Gasteiger partial charge in [-0.05, 0) is 54.5 Å².